The fourth-order valence-corrected chi connectivity index (χ4v) is 4.40. The molecule has 3 rings (SSSR count). The number of hydrogen-bond acceptors (Lipinski definition) is 4. The maximum atomic E-state index is 12.6. The zero-order chi connectivity index (χ0) is 17.7. The topological polar surface area (TPSA) is 53.6 Å². The highest BCUT2D eigenvalue weighted by molar-refractivity contribution is 5.85. The normalized spacial score (nSPS) is 21.2. The lowest BCUT2D eigenvalue weighted by molar-refractivity contribution is -0.125. The number of para-hydroxylation sites is 1. The molecule has 0 aromatic heterocycles. The summed E-state index contributed by atoms with van der Waals surface area (Å²) < 4.78 is 5.38. The monoisotopic (exact) mass is 417 g/mol. The van der Waals surface area contributed by atoms with Crippen LogP contribution >= 0.6 is 24.8 Å². The molecule has 0 aliphatic carbocycles. The lowest BCUT2D eigenvalue weighted by atomic mass is 9.77. The van der Waals surface area contributed by atoms with Crippen LogP contribution in [0.15, 0.2) is 24.3 Å². The molecule has 2 fully saturated rings. The van der Waals surface area contributed by atoms with Crippen molar-refractivity contribution in [2.75, 3.05) is 40.3 Å². The van der Waals surface area contributed by atoms with Crippen LogP contribution in [0, 0.1) is 5.41 Å². The molecule has 1 unspecified atom stereocenters. The Balaban J connectivity index is 0.00000182. The highest BCUT2D eigenvalue weighted by Crippen LogP contribution is 2.41. The van der Waals surface area contributed by atoms with E-state index in [4.69, 9.17) is 4.74 Å². The van der Waals surface area contributed by atoms with Gasteiger partial charge in [0, 0.05) is 13.1 Å². The number of benzene rings is 1. The van der Waals surface area contributed by atoms with Gasteiger partial charge in [-0.15, -0.1) is 24.8 Å². The largest absolute Gasteiger partial charge is 0.496 e. The number of carbonyl (C=O) groups is 1. The number of nitrogens with zero attached hydrogens (tertiary/aromatic N) is 1. The van der Waals surface area contributed by atoms with Gasteiger partial charge in [-0.2, -0.15) is 0 Å². The molecular formula is C20H33Cl2N3O2. The van der Waals surface area contributed by atoms with Crippen molar-refractivity contribution in [1.29, 1.82) is 0 Å². The van der Waals surface area contributed by atoms with Crippen LogP contribution in [0.25, 0.3) is 0 Å². The molecule has 2 N–H and O–H groups in total. The molecule has 0 radical (unpaired) electrons. The quantitative estimate of drug-likeness (QED) is 0.698. The van der Waals surface area contributed by atoms with Crippen molar-refractivity contribution in [3.8, 4) is 5.75 Å². The zero-order valence-corrected chi connectivity index (χ0v) is 18.0. The lowest BCUT2D eigenvalue weighted by Crippen LogP contribution is -2.41. The van der Waals surface area contributed by atoms with Crippen molar-refractivity contribution in [2.24, 2.45) is 5.41 Å². The predicted octanol–water partition coefficient (Wildman–Crippen LogP) is 2.66. The third-order valence-corrected chi connectivity index (χ3v) is 5.82. The number of methoxy groups -OCH3 is 1. The third-order valence-electron chi connectivity index (χ3n) is 5.82. The summed E-state index contributed by atoms with van der Waals surface area (Å²) in [6.07, 6.45) is 5.23. The van der Waals surface area contributed by atoms with Crippen LogP contribution in [0.4, 0.5) is 0 Å². The van der Waals surface area contributed by atoms with E-state index in [-0.39, 0.29) is 36.8 Å². The van der Waals surface area contributed by atoms with E-state index in [2.05, 4.69) is 28.6 Å². The molecule has 1 atom stereocenters. The summed E-state index contributed by atoms with van der Waals surface area (Å²) in [5.41, 5.74) is 1.55. The van der Waals surface area contributed by atoms with Gasteiger partial charge in [-0.1, -0.05) is 18.2 Å². The molecule has 7 heteroatoms. The highest BCUT2D eigenvalue weighted by Gasteiger charge is 2.45. The second-order valence-electron chi connectivity index (χ2n) is 7.59. The minimum absolute atomic E-state index is 0. The summed E-state index contributed by atoms with van der Waals surface area (Å²) in [6.45, 7) is 3.94. The Kier molecular flexibility index (Phi) is 9.88. The molecule has 1 aromatic rings. The van der Waals surface area contributed by atoms with Gasteiger partial charge in [0.2, 0.25) is 5.91 Å². The van der Waals surface area contributed by atoms with Gasteiger partial charge in [-0.25, -0.2) is 0 Å². The lowest BCUT2D eigenvalue weighted by Gasteiger charge is -2.33. The van der Waals surface area contributed by atoms with Crippen molar-refractivity contribution in [3.63, 3.8) is 0 Å². The van der Waals surface area contributed by atoms with Crippen molar-refractivity contribution < 1.29 is 9.53 Å². The Hall–Kier alpha value is -1.01. The molecule has 5 nitrogen and oxygen atoms in total. The summed E-state index contributed by atoms with van der Waals surface area (Å²) in [6, 6.07) is 8.12. The summed E-state index contributed by atoms with van der Waals surface area (Å²) in [7, 11) is 3.79. The van der Waals surface area contributed by atoms with E-state index in [0.717, 1.165) is 51.2 Å². The van der Waals surface area contributed by atoms with E-state index in [1.54, 1.807) is 7.11 Å². The minimum Gasteiger partial charge on any atom is -0.496 e. The van der Waals surface area contributed by atoms with Gasteiger partial charge in [0.25, 0.3) is 0 Å². The van der Waals surface area contributed by atoms with Crippen LogP contribution in [0.2, 0.25) is 0 Å². The summed E-state index contributed by atoms with van der Waals surface area (Å²) in [5, 5.41) is 6.58. The van der Waals surface area contributed by atoms with E-state index in [1.807, 2.05) is 18.2 Å². The standard InChI is InChI=1S/C20H31N3O2.2ClH/c1-23-15-20(9-12-21-13-10-20)14-17(23)19(24)22-11-5-7-16-6-3-4-8-18(16)25-2;;/h3-4,6,8,17,21H,5,7,9-15H2,1-2H3,(H,22,24);2*1H. The number of halogens is 2. The van der Waals surface area contributed by atoms with Gasteiger partial charge in [0.1, 0.15) is 5.75 Å². The van der Waals surface area contributed by atoms with Crippen LogP contribution in [-0.2, 0) is 11.2 Å². The Labute approximate surface area is 175 Å². The maximum absolute atomic E-state index is 12.6. The number of rotatable bonds is 6. The molecule has 2 aliphatic rings. The predicted molar refractivity (Wildman–Crippen MR) is 114 cm³/mol. The van der Waals surface area contributed by atoms with Crippen molar-refractivity contribution in [3.05, 3.63) is 29.8 Å². The molecule has 1 amide bonds. The van der Waals surface area contributed by atoms with Crippen molar-refractivity contribution >= 4 is 30.7 Å². The van der Waals surface area contributed by atoms with E-state index in [1.165, 1.54) is 18.4 Å². The fraction of sp³-hybridized carbons (Fsp3) is 0.650. The fourth-order valence-electron chi connectivity index (χ4n) is 4.40. The molecule has 1 aromatic carbocycles. The van der Waals surface area contributed by atoms with E-state index < -0.39 is 0 Å². The SMILES string of the molecule is COc1ccccc1CCCNC(=O)C1CC2(CCNCC2)CN1C.Cl.Cl. The Morgan fingerprint density at radius 2 is 2.00 bits per heavy atom. The van der Waals surface area contributed by atoms with E-state index in [0.29, 0.717) is 5.41 Å². The van der Waals surface area contributed by atoms with Gasteiger partial charge in [-0.3, -0.25) is 9.69 Å². The molecule has 2 heterocycles. The molecule has 2 aliphatic heterocycles. The maximum Gasteiger partial charge on any atom is 0.237 e. The van der Waals surface area contributed by atoms with Gasteiger partial charge in [-0.05, 0) is 69.3 Å². The van der Waals surface area contributed by atoms with E-state index in [9.17, 15) is 4.79 Å². The first kappa shape index (κ1) is 24.0. The highest BCUT2D eigenvalue weighted by atomic mass is 35.5. The van der Waals surface area contributed by atoms with Gasteiger partial charge in [0.15, 0.2) is 0 Å². The number of ether oxygens (including phenoxy) is 1. The number of nitrogens with one attached hydrogen (secondary N) is 2. The molecule has 0 saturated carbocycles. The average molecular weight is 418 g/mol. The van der Waals surface area contributed by atoms with Crippen LogP contribution in [0.5, 0.6) is 5.75 Å². The third kappa shape index (κ3) is 5.98. The van der Waals surface area contributed by atoms with Crippen LogP contribution < -0.4 is 15.4 Å². The Bertz CT molecular complexity index is 594. The minimum atomic E-state index is 0. The Morgan fingerprint density at radius 1 is 1.30 bits per heavy atom. The second kappa shape index (κ2) is 11.1. The smallest absolute Gasteiger partial charge is 0.237 e. The molecule has 27 heavy (non-hydrogen) atoms. The number of hydrogen-bond donors (Lipinski definition) is 2. The summed E-state index contributed by atoms with van der Waals surface area (Å²) >= 11 is 0. The van der Waals surface area contributed by atoms with Gasteiger partial charge < -0.3 is 15.4 Å². The number of piperidine rings is 1. The number of amides is 1. The van der Waals surface area contributed by atoms with Crippen molar-refractivity contribution in [1.82, 2.24) is 15.5 Å². The van der Waals surface area contributed by atoms with Crippen molar-refractivity contribution in [2.45, 2.75) is 38.1 Å². The number of likely N-dealkylation sites (N-methyl/N-ethyl adjacent to an activating group) is 1. The summed E-state index contributed by atoms with van der Waals surface area (Å²) in [4.78, 5) is 14.9. The molecule has 2 saturated heterocycles. The zero-order valence-electron chi connectivity index (χ0n) is 16.3. The van der Waals surface area contributed by atoms with Gasteiger partial charge in [0.05, 0.1) is 13.2 Å². The van der Waals surface area contributed by atoms with Gasteiger partial charge >= 0.3 is 0 Å². The molecule has 0 bridgehead atoms. The number of carbonyl (C=O) groups excluding carboxylic acids is 1. The van der Waals surface area contributed by atoms with Crippen LogP contribution in [0.1, 0.15) is 31.2 Å². The first-order chi connectivity index (χ1) is 12.1. The van der Waals surface area contributed by atoms with Crippen LogP contribution in [-0.4, -0.2) is 57.2 Å². The summed E-state index contributed by atoms with van der Waals surface area (Å²) in [5.74, 6) is 1.12. The first-order valence-corrected chi connectivity index (χ1v) is 9.44. The van der Waals surface area contributed by atoms with Crippen LogP contribution in [0.3, 0.4) is 0 Å². The second-order valence-corrected chi connectivity index (χ2v) is 7.59. The number of aryl methyl sites for hydroxylation is 1. The molecule has 1 spiro atoms. The van der Waals surface area contributed by atoms with E-state index >= 15 is 0 Å². The first-order valence-electron chi connectivity index (χ1n) is 9.44. The molecular weight excluding hydrogens is 385 g/mol. The Morgan fingerprint density at radius 3 is 2.70 bits per heavy atom. The molecule has 154 valence electrons. The number of likely N-dealkylation sites (tertiary alicyclic amines) is 1. The average Bonchev–Trinajstić information content (AvgIpc) is 2.95.